The maximum Gasteiger partial charge on any atom is 0.161 e. The molecule has 0 aromatic heterocycles. The number of methoxy groups -OCH3 is 1. The van der Waals surface area contributed by atoms with Crippen molar-refractivity contribution in [3.63, 3.8) is 0 Å². The van der Waals surface area contributed by atoms with Crippen LogP contribution in [-0.2, 0) is 13.0 Å². The highest BCUT2D eigenvalue weighted by atomic mass is 16.5. The van der Waals surface area contributed by atoms with Crippen LogP contribution in [0.1, 0.15) is 48.9 Å². The number of unbranched alkanes of at least 4 members (excludes halogenated alkanes) is 2. The summed E-state index contributed by atoms with van der Waals surface area (Å²) >= 11 is 0. The minimum atomic E-state index is -0.379. The molecular formula is C22H29NO3. The van der Waals surface area contributed by atoms with Gasteiger partial charge in [-0.25, -0.2) is 0 Å². The summed E-state index contributed by atoms with van der Waals surface area (Å²) in [6.07, 6.45) is 3.73. The SMILES string of the molecule is CCCCCOc1cc(CN[C@@H]2c3ccccc3C[C@@H]2O)ccc1OC. The Morgan fingerprint density at radius 1 is 1.12 bits per heavy atom. The Kier molecular flexibility index (Phi) is 6.53. The van der Waals surface area contributed by atoms with Gasteiger partial charge in [-0.05, 0) is 35.2 Å². The highest BCUT2D eigenvalue weighted by Crippen LogP contribution is 2.32. The van der Waals surface area contributed by atoms with Crippen LogP contribution in [0, 0.1) is 0 Å². The highest BCUT2D eigenvalue weighted by Gasteiger charge is 2.30. The van der Waals surface area contributed by atoms with Crippen LogP contribution in [0.25, 0.3) is 0 Å². The largest absolute Gasteiger partial charge is 0.493 e. The second-order valence-electron chi connectivity index (χ2n) is 6.87. The van der Waals surface area contributed by atoms with Gasteiger partial charge in [0.25, 0.3) is 0 Å². The lowest BCUT2D eigenvalue weighted by Crippen LogP contribution is -2.28. The highest BCUT2D eigenvalue weighted by molar-refractivity contribution is 5.43. The molecule has 0 heterocycles. The van der Waals surface area contributed by atoms with Crippen molar-refractivity contribution in [3.05, 3.63) is 59.2 Å². The quantitative estimate of drug-likeness (QED) is 0.667. The fourth-order valence-electron chi connectivity index (χ4n) is 3.53. The van der Waals surface area contributed by atoms with E-state index in [1.807, 2.05) is 30.3 Å². The second kappa shape index (κ2) is 9.06. The van der Waals surface area contributed by atoms with Gasteiger partial charge >= 0.3 is 0 Å². The maximum absolute atomic E-state index is 10.4. The number of hydrogen-bond donors (Lipinski definition) is 2. The molecule has 0 amide bonds. The minimum absolute atomic E-state index is 0.0257. The molecule has 2 N–H and O–H groups in total. The lowest BCUT2D eigenvalue weighted by atomic mass is 10.1. The van der Waals surface area contributed by atoms with Crippen LogP contribution in [0.2, 0.25) is 0 Å². The Hall–Kier alpha value is -2.04. The van der Waals surface area contributed by atoms with E-state index in [0.717, 1.165) is 23.5 Å². The van der Waals surface area contributed by atoms with Crippen molar-refractivity contribution in [2.45, 2.75) is 51.3 Å². The molecule has 0 fully saturated rings. The molecule has 0 aliphatic heterocycles. The molecule has 1 aliphatic rings. The van der Waals surface area contributed by atoms with E-state index >= 15 is 0 Å². The first-order chi connectivity index (χ1) is 12.7. The number of aliphatic hydroxyl groups is 1. The Labute approximate surface area is 156 Å². The molecule has 2 atom stereocenters. The van der Waals surface area contributed by atoms with Gasteiger partial charge in [0, 0.05) is 13.0 Å². The third-order valence-electron chi connectivity index (χ3n) is 4.96. The predicted octanol–water partition coefficient (Wildman–Crippen LogP) is 4.01. The average molecular weight is 355 g/mol. The monoisotopic (exact) mass is 355 g/mol. The number of hydrogen-bond acceptors (Lipinski definition) is 4. The topological polar surface area (TPSA) is 50.7 Å². The summed E-state index contributed by atoms with van der Waals surface area (Å²) in [6, 6.07) is 14.2. The smallest absolute Gasteiger partial charge is 0.161 e. The molecule has 0 unspecified atom stereocenters. The van der Waals surface area contributed by atoms with Gasteiger partial charge in [-0.2, -0.15) is 0 Å². The summed E-state index contributed by atoms with van der Waals surface area (Å²) in [5.41, 5.74) is 3.55. The standard InChI is InChI=1S/C22H29NO3/c1-3-4-7-12-26-21-13-16(10-11-20(21)25-2)15-23-22-18-9-6-5-8-17(18)14-19(22)24/h5-6,8-11,13,19,22-24H,3-4,7,12,14-15H2,1-2H3/t19-,22+/m0/s1. The van der Waals surface area contributed by atoms with Gasteiger partial charge in [0.2, 0.25) is 0 Å². The Morgan fingerprint density at radius 2 is 1.96 bits per heavy atom. The molecule has 0 saturated carbocycles. The summed E-state index contributed by atoms with van der Waals surface area (Å²) in [5, 5.41) is 13.9. The number of aliphatic hydroxyl groups excluding tert-OH is 1. The number of fused-ring (bicyclic) bond motifs is 1. The van der Waals surface area contributed by atoms with Gasteiger partial charge in [-0.1, -0.05) is 50.1 Å². The summed E-state index contributed by atoms with van der Waals surface area (Å²) in [6.45, 7) is 3.56. The van der Waals surface area contributed by atoms with Gasteiger partial charge in [0.05, 0.1) is 25.9 Å². The first-order valence-corrected chi connectivity index (χ1v) is 9.52. The second-order valence-corrected chi connectivity index (χ2v) is 6.87. The van der Waals surface area contributed by atoms with E-state index < -0.39 is 0 Å². The molecule has 26 heavy (non-hydrogen) atoms. The van der Waals surface area contributed by atoms with Crippen LogP contribution < -0.4 is 14.8 Å². The minimum Gasteiger partial charge on any atom is -0.493 e. The molecule has 0 bridgehead atoms. The Morgan fingerprint density at radius 3 is 2.77 bits per heavy atom. The lowest BCUT2D eigenvalue weighted by molar-refractivity contribution is 0.140. The Balaban J connectivity index is 1.64. The number of ether oxygens (including phenoxy) is 2. The van der Waals surface area contributed by atoms with E-state index in [-0.39, 0.29) is 12.1 Å². The first-order valence-electron chi connectivity index (χ1n) is 9.52. The van der Waals surface area contributed by atoms with E-state index in [1.54, 1.807) is 7.11 Å². The zero-order valence-corrected chi connectivity index (χ0v) is 15.7. The van der Waals surface area contributed by atoms with Crippen molar-refractivity contribution in [2.75, 3.05) is 13.7 Å². The molecule has 3 rings (SSSR count). The number of rotatable bonds is 9. The summed E-state index contributed by atoms with van der Waals surface area (Å²) in [5.74, 6) is 1.55. The number of nitrogens with one attached hydrogen (secondary N) is 1. The average Bonchev–Trinajstić information content (AvgIpc) is 2.98. The Bertz CT molecular complexity index is 716. The van der Waals surface area contributed by atoms with Crippen LogP contribution in [0.3, 0.4) is 0 Å². The van der Waals surface area contributed by atoms with Crippen molar-refractivity contribution < 1.29 is 14.6 Å². The molecule has 140 valence electrons. The fourth-order valence-corrected chi connectivity index (χ4v) is 3.53. The van der Waals surface area contributed by atoms with E-state index in [4.69, 9.17) is 9.47 Å². The van der Waals surface area contributed by atoms with Crippen molar-refractivity contribution in [2.24, 2.45) is 0 Å². The van der Waals surface area contributed by atoms with Gasteiger partial charge in [0.15, 0.2) is 11.5 Å². The van der Waals surface area contributed by atoms with Gasteiger partial charge in [0.1, 0.15) is 0 Å². The molecule has 4 nitrogen and oxygen atoms in total. The zero-order valence-electron chi connectivity index (χ0n) is 15.7. The predicted molar refractivity (Wildman–Crippen MR) is 104 cm³/mol. The van der Waals surface area contributed by atoms with Gasteiger partial charge in [-0.15, -0.1) is 0 Å². The van der Waals surface area contributed by atoms with E-state index in [9.17, 15) is 5.11 Å². The van der Waals surface area contributed by atoms with Crippen molar-refractivity contribution in [3.8, 4) is 11.5 Å². The third kappa shape index (κ3) is 4.37. The zero-order chi connectivity index (χ0) is 18.4. The molecule has 0 saturated heterocycles. The molecule has 0 spiro atoms. The summed E-state index contributed by atoms with van der Waals surface area (Å²) in [4.78, 5) is 0. The van der Waals surface area contributed by atoms with Gasteiger partial charge in [-0.3, -0.25) is 0 Å². The fraction of sp³-hybridized carbons (Fsp3) is 0.455. The van der Waals surface area contributed by atoms with Crippen LogP contribution in [-0.4, -0.2) is 24.9 Å². The molecule has 0 radical (unpaired) electrons. The maximum atomic E-state index is 10.4. The molecule has 1 aliphatic carbocycles. The number of benzene rings is 2. The summed E-state index contributed by atoms with van der Waals surface area (Å²) in [7, 11) is 1.66. The van der Waals surface area contributed by atoms with Gasteiger partial charge < -0.3 is 19.9 Å². The van der Waals surface area contributed by atoms with Crippen molar-refractivity contribution in [1.29, 1.82) is 0 Å². The third-order valence-corrected chi connectivity index (χ3v) is 4.96. The van der Waals surface area contributed by atoms with Crippen LogP contribution in [0.5, 0.6) is 11.5 Å². The van der Waals surface area contributed by atoms with E-state index in [0.29, 0.717) is 19.6 Å². The van der Waals surface area contributed by atoms with Crippen molar-refractivity contribution >= 4 is 0 Å². The van der Waals surface area contributed by atoms with E-state index in [2.05, 4.69) is 24.4 Å². The van der Waals surface area contributed by atoms with Crippen LogP contribution in [0.15, 0.2) is 42.5 Å². The van der Waals surface area contributed by atoms with Crippen LogP contribution >= 0.6 is 0 Å². The lowest BCUT2D eigenvalue weighted by Gasteiger charge is -2.19. The van der Waals surface area contributed by atoms with E-state index in [1.165, 1.54) is 24.0 Å². The molecule has 2 aromatic carbocycles. The molecular weight excluding hydrogens is 326 g/mol. The summed E-state index contributed by atoms with van der Waals surface area (Å²) < 4.78 is 11.3. The molecule has 4 heteroatoms. The van der Waals surface area contributed by atoms with Crippen molar-refractivity contribution in [1.82, 2.24) is 5.32 Å². The van der Waals surface area contributed by atoms with Crippen LogP contribution in [0.4, 0.5) is 0 Å². The molecule has 2 aromatic rings. The normalized spacial score (nSPS) is 18.6. The first kappa shape index (κ1) is 18.7.